The fourth-order valence-electron chi connectivity index (χ4n) is 5.03. The predicted octanol–water partition coefficient (Wildman–Crippen LogP) is 4.78. The second kappa shape index (κ2) is 12.2. The van der Waals surface area contributed by atoms with E-state index in [1.165, 1.54) is 0 Å². The van der Waals surface area contributed by atoms with Crippen molar-refractivity contribution in [3.8, 4) is 11.1 Å². The third-order valence-electron chi connectivity index (χ3n) is 7.38. The number of carbonyl (C=O) groups excluding carboxylic acids is 3. The van der Waals surface area contributed by atoms with Gasteiger partial charge in [-0.2, -0.15) is 0 Å². The summed E-state index contributed by atoms with van der Waals surface area (Å²) in [5.41, 5.74) is 12.1. The number of fused-ring (bicyclic) bond motifs is 3. The molecule has 0 saturated carbocycles. The van der Waals surface area contributed by atoms with Crippen molar-refractivity contribution in [3.63, 3.8) is 0 Å². The molecule has 0 aromatic heterocycles. The van der Waals surface area contributed by atoms with E-state index in [9.17, 15) is 14.4 Å². The van der Waals surface area contributed by atoms with Crippen molar-refractivity contribution in [2.75, 3.05) is 6.61 Å². The lowest BCUT2D eigenvalue weighted by atomic mass is 9.91. The molecule has 38 heavy (non-hydrogen) atoms. The normalized spacial score (nSPS) is 13.9. The van der Waals surface area contributed by atoms with Gasteiger partial charge in [-0.25, -0.2) is 0 Å². The van der Waals surface area contributed by atoms with Gasteiger partial charge in [-0.15, -0.1) is 0 Å². The Morgan fingerprint density at radius 2 is 1.39 bits per heavy atom. The van der Waals surface area contributed by atoms with Crippen LogP contribution in [-0.2, 0) is 32.1 Å². The van der Waals surface area contributed by atoms with E-state index in [0.29, 0.717) is 6.54 Å². The summed E-state index contributed by atoms with van der Waals surface area (Å²) in [5.74, 6) is -1.55. The lowest BCUT2D eigenvalue weighted by Gasteiger charge is -2.22. The molecule has 1 aliphatic carbocycles. The van der Waals surface area contributed by atoms with Gasteiger partial charge in [-0.3, -0.25) is 14.4 Å². The Hall–Kier alpha value is -3.77. The third kappa shape index (κ3) is 6.20. The van der Waals surface area contributed by atoms with E-state index in [4.69, 9.17) is 10.5 Å². The SMILES string of the molecule is CC(C)[C@H](CC(=O)OCC1c2ccccc2-c2ccccc21)C(=O)N[C@@H](C)C(=O)Cc1ccc(CN)cc1. The average molecular weight is 513 g/mol. The Labute approximate surface area is 224 Å². The minimum absolute atomic E-state index is 0.0331. The molecule has 0 radical (unpaired) electrons. The van der Waals surface area contributed by atoms with Gasteiger partial charge >= 0.3 is 5.97 Å². The zero-order valence-electron chi connectivity index (χ0n) is 22.3. The summed E-state index contributed by atoms with van der Waals surface area (Å²) >= 11 is 0. The fraction of sp³-hybridized carbons (Fsp3) is 0.344. The number of nitrogens with two attached hydrogens (primary N) is 1. The molecule has 0 unspecified atom stereocenters. The van der Waals surface area contributed by atoms with Gasteiger partial charge in [0.15, 0.2) is 5.78 Å². The lowest BCUT2D eigenvalue weighted by Crippen LogP contribution is -2.44. The van der Waals surface area contributed by atoms with Crippen LogP contribution in [0.3, 0.4) is 0 Å². The highest BCUT2D eigenvalue weighted by Crippen LogP contribution is 2.44. The van der Waals surface area contributed by atoms with Crippen molar-refractivity contribution in [1.82, 2.24) is 5.32 Å². The van der Waals surface area contributed by atoms with E-state index >= 15 is 0 Å². The van der Waals surface area contributed by atoms with E-state index in [1.807, 2.05) is 62.4 Å². The number of ketones is 1. The van der Waals surface area contributed by atoms with E-state index in [2.05, 4.69) is 29.6 Å². The highest BCUT2D eigenvalue weighted by molar-refractivity contribution is 5.92. The summed E-state index contributed by atoms with van der Waals surface area (Å²) in [5, 5.41) is 2.82. The molecular formula is C32H36N2O4. The number of nitrogens with one attached hydrogen (secondary N) is 1. The maximum Gasteiger partial charge on any atom is 0.306 e. The van der Waals surface area contributed by atoms with E-state index in [0.717, 1.165) is 33.4 Å². The first-order valence-corrected chi connectivity index (χ1v) is 13.2. The van der Waals surface area contributed by atoms with Gasteiger partial charge in [0.05, 0.1) is 18.4 Å². The molecule has 3 aromatic rings. The van der Waals surface area contributed by atoms with Crippen molar-refractivity contribution in [2.24, 2.45) is 17.6 Å². The molecule has 6 nitrogen and oxygen atoms in total. The van der Waals surface area contributed by atoms with Crippen LogP contribution in [-0.4, -0.2) is 30.3 Å². The monoisotopic (exact) mass is 512 g/mol. The summed E-state index contributed by atoms with van der Waals surface area (Å²) in [6, 6.07) is 23.2. The van der Waals surface area contributed by atoms with Gasteiger partial charge in [0.2, 0.25) is 5.91 Å². The highest BCUT2D eigenvalue weighted by atomic mass is 16.5. The first kappa shape index (κ1) is 27.3. The summed E-state index contributed by atoms with van der Waals surface area (Å²) in [7, 11) is 0. The van der Waals surface area contributed by atoms with Crippen LogP contribution in [0.25, 0.3) is 11.1 Å². The summed E-state index contributed by atoms with van der Waals surface area (Å²) in [6.45, 7) is 6.14. The minimum Gasteiger partial charge on any atom is -0.465 e. The van der Waals surface area contributed by atoms with Gasteiger partial charge in [-0.1, -0.05) is 86.6 Å². The van der Waals surface area contributed by atoms with Crippen LogP contribution in [0.15, 0.2) is 72.8 Å². The Balaban J connectivity index is 1.33. The molecule has 0 saturated heterocycles. The van der Waals surface area contributed by atoms with Crippen molar-refractivity contribution in [1.29, 1.82) is 0 Å². The molecule has 3 aromatic carbocycles. The molecule has 0 aliphatic heterocycles. The van der Waals surface area contributed by atoms with Crippen molar-refractivity contribution < 1.29 is 19.1 Å². The van der Waals surface area contributed by atoms with E-state index < -0.39 is 17.9 Å². The van der Waals surface area contributed by atoms with E-state index in [-0.39, 0.29) is 43.0 Å². The largest absolute Gasteiger partial charge is 0.465 e. The molecule has 0 fully saturated rings. The molecule has 3 N–H and O–H groups in total. The first-order chi connectivity index (χ1) is 18.3. The van der Waals surface area contributed by atoms with E-state index in [1.54, 1.807) is 6.92 Å². The Kier molecular flexibility index (Phi) is 8.74. The number of ether oxygens (including phenoxy) is 1. The maximum atomic E-state index is 13.1. The first-order valence-electron chi connectivity index (χ1n) is 13.2. The number of hydrogen-bond acceptors (Lipinski definition) is 5. The van der Waals surface area contributed by atoms with Crippen LogP contribution in [0, 0.1) is 11.8 Å². The summed E-state index contributed by atoms with van der Waals surface area (Å²) in [4.78, 5) is 38.7. The molecule has 0 spiro atoms. The molecule has 0 bridgehead atoms. The minimum atomic E-state index is -0.666. The summed E-state index contributed by atoms with van der Waals surface area (Å²) < 4.78 is 5.73. The van der Waals surface area contributed by atoms with Crippen molar-refractivity contribution in [2.45, 2.75) is 52.1 Å². The zero-order valence-corrected chi connectivity index (χ0v) is 22.3. The van der Waals surface area contributed by atoms with Crippen LogP contribution < -0.4 is 11.1 Å². The molecule has 2 atom stereocenters. The number of hydrogen-bond donors (Lipinski definition) is 2. The van der Waals surface area contributed by atoms with Crippen LogP contribution in [0.5, 0.6) is 0 Å². The Morgan fingerprint density at radius 3 is 1.95 bits per heavy atom. The molecule has 198 valence electrons. The molecule has 6 heteroatoms. The molecule has 0 heterocycles. The van der Waals surface area contributed by atoms with Crippen LogP contribution in [0.1, 0.15) is 55.4 Å². The maximum absolute atomic E-state index is 13.1. The van der Waals surface area contributed by atoms with Crippen molar-refractivity contribution >= 4 is 17.7 Å². The number of rotatable bonds is 11. The molecule has 4 rings (SSSR count). The van der Waals surface area contributed by atoms with Crippen LogP contribution >= 0.6 is 0 Å². The molecule has 1 aliphatic rings. The van der Waals surface area contributed by atoms with Crippen LogP contribution in [0.4, 0.5) is 0 Å². The second-order valence-corrected chi connectivity index (χ2v) is 10.4. The summed E-state index contributed by atoms with van der Waals surface area (Å²) in [6.07, 6.45) is 0.173. The predicted molar refractivity (Wildman–Crippen MR) is 148 cm³/mol. The lowest BCUT2D eigenvalue weighted by molar-refractivity contribution is -0.148. The molecular weight excluding hydrogens is 476 g/mol. The number of amides is 1. The van der Waals surface area contributed by atoms with Gasteiger partial charge in [0, 0.05) is 18.9 Å². The zero-order chi connectivity index (χ0) is 27.2. The quantitative estimate of drug-likeness (QED) is 0.360. The van der Waals surface area contributed by atoms with Gasteiger partial charge < -0.3 is 15.8 Å². The van der Waals surface area contributed by atoms with Gasteiger partial charge in [0.25, 0.3) is 0 Å². The smallest absolute Gasteiger partial charge is 0.306 e. The second-order valence-electron chi connectivity index (χ2n) is 10.4. The van der Waals surface area contributed by atoms with Crippen LogP contribution in [0.2, 0.25) is 0 Å². The Morgan fingerprint density at radius 1 is 0.842 bits per heavy atom. The topological polar surface area (TPSA) is 98.5 Å². The van der Waals surface area contributed by atoms with Gasteiger partial charge in [0.1, 0.15) is 6.61 Å². The fourth-order valence-corrected chi connectivity index (χ4v) is 5.03. The van der Waals surface area contributed by atoms with Crippen molar-refractivity contribution in [3.05, 3.63) is 95.1 Å². The number of Topliss-reactive ketones (excluding diaryl/α,β-unsaturated/α-hetero) is 1. The standard InChI is InChI=1S/C32H36N2O4/c1-20(2)28(32(37)34-21(3)30(35)16-22-12-14-23(18-33)15-13-22)17-31(36)38-19-29-26-10-6-4-8-24(26)25-9-5-7-11-27(25)29/h4-15,20-21,28-29H,16-19,33H2,1-3H3,(H,34,37)/t21-,28-/m0/s1. The number of esters is 1. The average Bonchev–Trinajstić information content (AvgIpc) is 3.24. The number of carbonyl (C=O) groups is 3. The third-order valence-corrected chi connectivity index (χ3v) is 7.38. The molecule has 1 amide bonds. The number of benzene rings is 3. The van der Waals surface area contributed by atoms with Gasteiger partial charge in [-0.05, 0) is 46.2 Å². The highest BCUT2D eigenvalue weighted by Gasteiger charge is 2.31. The Bertz CT molecular complexity index is 1250.